The van der Waals surface area contributed by atoms with Crippen LogP contribution in [-0.4, -0.2) is 41.2 Å². The zero-order valence-corrected chi connectivity index (χ0v) is 19.2. The van der Waals surface area contributed by atoms with Gasteiger partial charge in [-0.3, -0.25) is 14.5 Å². The van der Waals surface area contributed by atoms with E-state index >= 15 is 0 Å². The smallest absolute Gasteiger partial charge is 0.256 e. The number of carbonyl (C=O) groups excluding carboxylic acids is 2. The predicted molar refractivity (Wildman–Crippen MR) is 129 cm³/mol. The van der Waals surface area contributed by atoms with Crippen molar-refractivity contribution in [3.63, 3.8) is 0 Å². The Bertz CT molecular complexity index is 1090. The maximum Gasteiger partial charge on any atom is 0.256 e. The summed E-state index contributed by atoms with van der Waals surface area (Å²) in [5, 5.41) is 2.98. The summed E-state index contributed by atoms with van der Waals surface area (Å²) in [5.74, 6) is 0.427. The van der Waals surface area contributed by atoms with Crippen molar-refractivity contribution in [3.8, 4) is 0 Å². The van der Waals surface area contributed by atoms with Gasteiger partial charge in [0.25, 0.3) is 5.91 Å². The number of nitrogens with zero attached hydrogens (tertiary/aromatic N) is 1. The standard InChI is InChI=1S/C27H33N3O2/c1-17(2)26-19-8-4-5-9-22(19)28-24(26)15-21-20-14-18(10-11-23(20)29-27(21)32)25(31)16-30-12-6-3-7-13-30/h10-11,14-15,17,28H,3-9,12-13,16H2,1-2H3,(H,29,32). The number of benzene rings is 1. The summed E-state index contributed by atoms with van der Waals surface area (Å²) in [5.41, 5.74) is 8.12. The minimum atomic E-state index is -0.0945. The monoisotopic (exact) mass is 431 g/mol. The summed E-state index contributed by atoms with van der Waals surface area (Å²) < 4.78 is 0. The van der Waals surface area contributed by atoms with E-state index in [1.165, 1.54) is 48.9 Å². The minimum Gasteiger partial charge on any atom is -0.358 e. The van der Waals surface area contributed by atoms with E-state index in [2.05, 4.69) is 29.0 Å². The van der Waals surface area contributed by atoms with Gasteiger partial charge < -0.3 is 10.3 Å². The molecule has 5 nitrogen and oxygen atoms in total. The molecular formula is C27H33N3O2. The molecule has 1 saturated heterocycles. The normalized spacial score (nSPS) is 19.8. The van der Waals surface area contributed by atoms with Crippen LogP contribution in [0.4, 0.5) is 5.69 Å². The first-order valence-electron chi connectivity index (χ1n) is 12.2. The van der Waals surface area contributed by atoms with E-state index in [0.717, 1.165) is 42.9 Å². The highest BCUT2D eigenvalue weighted by atomic mass is 16.2. The Hall–Kier alpha value is -2.66. The lowest BCUT2D eigenvalue weighted by atomic mass is 9.89. The van der Waals surface area contributed by atoms with Crippen LogP contribution in [0.5, 0.6) is 0 Å². The zero-order chi connectivity index (χ0) is 22.2. The number of aromatic amines is 1. The number of Topliss-reactive ketones (excluding diaryl/α,β-unsaturated/α-hetero) is 1. The molecule has 3 heterocycles. The van der Waals surface area contributed by atoms with Crippen LogP contribution in [0.1, 0.15) is 90.3 Å². The second-order valence-corrected chi connectivity index (χ2v) is 9.80. The first-order valence-corrected chi connectivity index (χ1v) is 12.2. The van der Waals surface area contributed by atoms with Crippen LogP contribution in [0.25, 0.3) is 11.6 Å². The second kappa shape index (κ2) is 8.70. The van der Waals surface area contributed by atoms with Crippen LogP contribution in [0.3, 0.4) is 0 Å². The molecule has 2 N–H and O–H groups in total. The summed E-state index contributed by atoms with van der Waals surface area (Å²) >= 11 is 0. The van der Waals surface area contributed by atoms with Crippen LogP contribution in [0.15, 0.2) is 18.2 Å². The van der Waals surface area contributed by atoms with Gasteiger partial charge in [0.1, 0.15) is 0 Å². The first kappa shape index (κ1) is 21.2. The number of likely N-dealkylation sites (tertiary alicyclic amines) is 1. The largest absolute Gasteiger partial charge is 0.358 e. The van der Waals surface area contributed by atoms with E-state index in [0.29, 0.717) is 23.6 Å². The van der Waals surface area contributed by atoms with E-state index in [-0.39, 0.29) is 11.7 Å². The highest BCUT2D eigenvalue weighted by molar-refractivity contribution is 6.35. The number of fused-ring (bicyclic) bond motifs is 2. The van der Waals surface area contributed by atoms with Crippen molar-refractivity contribution in [1.82, 2.24) is 9.88 Å². The summed E-state index contributed by atoms with van der Waals surface area (Å²) in [7, 11) is 0. The topological polar surface area (TPSA) is 65.2 Å². The molecule has 2 aromatic rings. The number of anilines is 1. The Balaban J connectivity index is 1.48. The summed E-state index contributed by atoms with van der Waals surface area (Å²) in [6.45, 7) is 6.90. The maximum absolute atomic E-state index is 13.0. The Morgan fingerprint density at radius 3 is 2.66 bits per heavy atom. The van der Waals surface area contributed by atoms with Crippen molar-refractivity contribution in [2.45, 2.75) is 64.7 Å². The predicted octanol–water partition coefficient (Wildman–Crippen LogP) is 5.18. The van der Waals surface area contributed by atoms with Gasteiger partial charge in [0.05, 0.1) is 12.1 Å². The van der Waals surface area contributed by atoms with Gasteiger partial charge in [0, 0.05) is 28.2 Å². The second-order valence-electron chi connectivity index (χ2n) is 9.80. The van der Waals surface area contributed by atoms with Gasteiger partial charge in [0.2, 0.25) is 0 Å². The van der Waals surface area contributed by atoms with Gasteiger partial charge >= 0.3 is 0 Å². The molecule has 3 aliphatic rings. The molecule has 5 heteroatoms. The van der Waals surface area contributed by atoms with Gasteiger partial charge in [-0.2, -0.15) is 0 Å². The lowest BCUT2D eigenvalue weighted by molar-refractivity contribution is -0.110. The molecule has 5 rings (SSSR count). The van der Waals surface area contributed by atoms with E-state index in [1.807, 2.05) is 24.3 Å². The number of ketones is 1. The van der Waals surface area contributed by atoms with Crippen molar-refractivity contribution in [1.29, 1.82) is 0 Å². The third-order valence-electron chi connectivity index (χ3n) is 7.18. The lowest BCUT2D eigenvalue weighted by Gasteiger charge is -2.25. The third-order valence-corrected chi connectivity index (χ3v) is 7.18. The van der Waals surface area contributed by atoms with Gasteiger partial charge in [-0.25, -0.2) is 0 Å². The number of carbonyl (C=O) groups is 2. The quantitative estimate of drug-likeness (QED) is 0.506. The molecule has 1 amide bonds. The van der Waals surface area contributed by atoms with Crippen LogP contribution >= 0.6 is 0 Å². The number of nitrogens with one attached hydrogen (secondary N) is 2. The van der Waals surface area contributed by atoms with E-state index in [9.17, 15) is 9.59 Å². The van der Waals surface area contributed by atoms with E-state index < -0.39 is 0 Å². The number of aromatic nitrogens is 1. The molecule has 0 atom stereocenters. The Labute approximate surface area is 190 Å². The Morgan fingerprint density at radius 1 is 1.09 bits per heavy atom. The van der Waals surface area contributed by atoms with Crippen molar-refractivity contribution in [2.75, 3.05) is 25.0 Å². The number of H-pyrrole nitrogens is 1. The fourth-order valence-corrected chi connectivity index (χ4v) is 5.57. The average molecular weight is 432 g/mol. The highest BCUT2D eigenvalue weighted by Crippen LogP contribution is 2.37. The number of hydrogen-bond acceptors (Lipinski definition) is 3. The SMILES string of the molecule is CC(C)c1c(C=C2C(=O)Nc3ccc(C(=O)CN4CCCCC4)cc32)[nH]c2c1CCCC2. The molecule has 0 radical (unpaired) electrons. The number of piperidine rings is 1. The van der Waals surface area contributed by atoms with Gasteiger partial charge in [-0.1, -0.05) is 20.3 Å². The van der Waals surface area contributed by atoms with Crippen LogP contribution in [0.2, 0.25) is 0 Å². The maximum atomic E-state index is 13.0. The molecule has 0 unspecified atom stereocenters. The lowest BCUT2D eigenvalue weighted by Crippen LogP contribution is -2.34. The molecule has 1 aliphatic carbocycles. The third kappa shape index (κ3) is 3.95. The fourth-order valence-electron chi connectivity index (χ4n) is 5.57. The van der Waals surface area contributed by atoms with Gasteiger partial charge in [-0.15, -0.1) is 0 Å². The number of rotatable bonds is 5. The van der Waals surface area contributed by atoms with Crippen LogP contribution in [-0.2, 0) is 17.6 Å². The summed E-state index contributed by atoms with van der Waals surface area (Å²) in [6.07, 6.45) is 10.2. The number of amides is 1. The molecule has 1 aromatic heterocycles. The molecule has 0 bridgehead atoms. The highest BCUT2D eigenvalue weighted by Gasteiger charge is 2.28. The van der Waals surface area contributed by atoms with Crippen LogP contribution < -0.4 is 5.32 Å². The van der Waals surface area contributed by atoms with E-state index in [4.69, 9.17) is 0 Å². The fraction of sp³-hybridized carbons (Fsp3) is 0.481. The van der Waals surface area contributed by atoms with Crippen molar-refractivity contribution in [3.05, 3.63) is 51.8 Å². The summed E-state index contributed by atoms with van der Waals surface area (Å²) in [4.78, 5) is 31.7. The molecule has 0 saturated carbocycles. The average Bonchev–Trinajstić information content (AvgIpc) is 3.31. The van der Waals surface area contributed by atoms with Crippen molar-refractivity contribution in [2.24, 2.45) is 0 Å². The van der Waals surface area contributed by atoms with Crippen molar-refractivity contribution >= 4 is 29.0 Å². The molecule has 32 heavy (non-hydrogen) atoms. The zero-order valence-electron chi connectivity index (χ0n) is 19.2. The van der Waals surface area contributed by atoms with Crippen molar-refractivity contribution < 1.29 is 9.59 Å². The van der Waals surface area contributed by atoms with E-state index in [1.54, 1.807) is 0 Å². The molecule has 0 spiro atoms. The molecular weight excluding hydrogens is 398 g/mol. The molecule has 168 valence electrons. The first-order chi connectivity index (χ1) is 15.5. The van der Waals surface area contributed by atoms with Gasteiger partial charge in [0.15, 0.2) is 5.78 Å². The Morgan fingerprint density at radius 2 is 1.88 bits per heavy atom. The number of hydrogen-bond donors (Lipinski definition) is 2. The van der Waals surface area contributed by atoms with Crippen LogP contribution in [0, 0.1) is 0 Å². The molecule has 1 fully saturated rings. The number of aryl methyl sites for hydroxylation is 1. The molecule has 2 aliphatic heterocycles. The molecule has 1 aromatic carbocycles. The summed E-state index contributed by atoms with van der Waals surface area (Å²) in [6, 6.07) is 5.63. The minimum absolute atomic E-state index is 0.0945. The Kier molecular flexibility index (Phi) is 5.76. The van der Waals surface area contributed by atoms with Gasteiger partial charge in [-0.05, 0) is 92.9 Å².